The Balaban J connectivity index is 1.56. The van der Waals surface area contributed by atoms with Crippen molar-refractivity contribution in [2.45, 2.75) is 50.4 Å². The minimum absolute atomic E-state index is 0.0291. The first-order chi connectivity index (χ1) is 15.1. The van der Waals surface area contributed by atoms with Gasteiger partial charge in [-0.1, -0.05) is 12.5 Å². The Morgan fingerprint density at radius 1 is 1.16 bits per heavy atom. The average molecular weight is 479 g/mol. The van der Waals surface area contributed by atoms with E-state index in [1.54, 1.807) is 6.07 Å². The van der Waals surface area contributed by atoms with Crippen LogP contribution in [0.15, 0.2) is 18.2 Å². The number of amides is 1. The number of likely N-dealkylation sites (tertiary alicyclic amines) is 1. The molecule has 2 atom stereocenters. The molecule has 2 aliphatic rings. The van der Waals surface area contributed by atoms with Gasteiger partial charge in [0, 0.05) is 12.5 Å². The fraction of sp³-hybridized carbons (Fsp3) is 0.667. The van der Waals surface area contributed by atoms with E-state index in [1.807, 2.05) is 0 Å². The molecule has 2 heterocycles. The molecule has 7 nitrogen and oxygen atoms in total. The van der Waals surface area contributed by atoms with E-state index in [4.69, 9.17) is 9.47 Å². The standard InChI is InChI=1S/C21H29F3N2O5S/c1-30-19-11-15(5-7-18(19)31-14-21(22,23)24)6-8-20(27)25-16-12-32(28,29)13-17(16)26-9-3-2-4-10-26/h5,7,11,16-17H,2-4,6,8-10,12-14H2,1H3,(H,25,27). The maximum atomic E-state index is 12.5. The Hall–Kier alpha value is -2.01. The second-order valence-electron chi connectivity index (χ2n) is 8.30. The van der Waals surface area contributed by atoms with Crippen LogP contribution in [0.5, 0.6) is 11.5 Å². The van der Waals surface area contributed by atoms with Gasteiger partial charge >= 0.3 is 6.18 Å². The van der Waals surface area contributed by atoms with E-state index in [0.29, 0.717) is 12.0 Å². The van der Waals surface area contributed by atoms with E-state index in [9.17, 15) is 26.4 Å². The predicted octanol–water partition coefficient (Wildman–Crippen LogP) is 2.34. The summed E-state index contributed by atoms with van der Waals surface area (Å²) in [6, 6.07) is 3.87. The number of hydrogen-bond acceptors (Lipinski definition) is 6. The summed E-state index contributed by atoms with van der Waals surface area (Å²) in [6.45, 7) is 0.262. The Labute approximate surface area is 186 Å². The van der Waals surface area contributed by atoms with Crippen LogP contribution in [0.2, 0.25) is 0 Å². The van der Waals surface area contributed by atoms with Gasteiger partial charge in [0.25, 0.3) is 0 Å². The molecule has 0 saturated carbocycles. The SMILES string of the molecule is COc1cc(CCC(=O)NC2CS(=O)(=O)CC2N2CCCCC2)ccc1OCC(F)(F)F. The highest BCUT2D eigenvalue weighted by molar-refractivity contribution is 7.91. The van der Waals surface area contributed by atoms with Gasteiger partial charge in [0.2, 0.25) is 5.91 Å². The number of rotatable bonds is 8. The molecule has 0 aliphatic carbocycles. The molecule has 2 saturated heterocycles. The van der Waals surface area contributed by atoms with Gasteiger partial charge in [-0.05, 0) is 50.0 Å². The fourth-order valence-electron chi connectivity index (χ4n) is 4.26. The van der Waals surface area contributed by atoms with Crippen molar-refractivity contribution in [3.8, 4) is 11.5 Å². The molecule has 0 aromatic heterocycles. The van der Waals surface area contributed by atoms with Crippen LogP contribution < -0.4 is 14.8 Å². The van der Waals surface area contributed by atoms with E-state index in [0.717, 1.165) is 32.4 Å². The number of aryl methyl sites for hydroxylation is 1. The van der Waals surface area contributed by atoms with Crippen LogP contribution in [0.3, 0.4) is 0 Å². The molecule has 180 valence electrons. The van der Waals surface area contributed by atoms with Crippen molar-refractivity contribution < 1.29 is 35.9 Å². The normalized spacial score (nSPS) is 23.6. The van der Waals surface area contributed by atoms with Crippen LogP contribution in [0, 0.1) is 0 Å². The Bertz CT molecular complexity index is 901. The van der Waals surface area contributed by atoms with E-state index >= 15 is 0 Å². The minimum Gasteiger partial charge on any atom is -0.493 e. The molecule has 3 rings (SSSR count). The zero-order chi connectivity index (χ0) is 23.4. The van der Waals surface area contributed by atoms with Crippen molar-refractivity contribution in [2.24, 2.45) is 0 Å². The van der Waals surface area contributed by atoms with Gasteiger partial charge in [-0.2, -0.15) is 13.2 Å². The quantitative estimate of drug-likeness (QED) is 0.618. The third kappa shape index (κ3) is 6.99. The number of nitrogens with zero attached hydrogens (tertiary/aromatic N) is 1. The molecular formula is C21H29F3N2O5S. The molecule has 11 heteroatoms. The van der Waals surface area contributed by atoms with Gasteiger partial charge in [-0.3, -0.25) is 9.69 Å². The van der Waals surface area contributed by atoms with Crippen LogP contribution >= 0.6 is 0 Å². The number of ether oxygens (including phenoxy) is 2. The zero-order valence-corrected chi connectivity index (χ0v) is 18.8. The van der Waals surface area contributed by atoms with E-state index in [2.05, 4.69) is 10.2 Å². The van der Waals surface area contributed by atoms with Crippen LogP contribution in [0.25, 0.3) is 0 Å². The summed E-state index contributed by atoms with van der Waals surface area (Å²) in [6.07, 6.45) is -0.813. The number of sulfone groups is 1. The van der Waals surface area contributed by atoms with Gasteiger partial charge < -0.3 is 14.8 Å². The number of carbonyl (C=O) groups is 1. The monoisotopic (exact) mass is 478 g/mol. The van der Waals surface area contributed by atoms with Gasteiger partial charge in [-0.25, -0.2) is 8.42 Å². The van der Waals surface area contributed by atoms with Crippen molar-refractivity contribution >= 4 is 15.7 Å². The number of benzene rings is 1. The Kier molecular flexibility index (Phi) is 7.92. The highest BCUT2D eigenvalue weighted by Gasteiger charge is 2.41. The smallest absolute Gasteiger partial charge is 0.422 e. The van der Waals surface area contributed by atoms with Gasteiger partial charge in [-0.15, -0.1) is 0 Å². The Morgan fingerprint density at radius 2 is 1.88 bits per heavy atom. The summed E-state index contributed by atoms with van der Waals surface area (Å²) < 4.78 is 71.4. The number of piperidine rings is 1. The average Bonchev–Trinajstić information content (AvgIpc) is 3.05. The van der Waals surface area contributed by atoms with E-state index in [-0.39, 0.29) is 41.4 Å². The number of methoxy groups -OCH3 is 1. The lowest BCUT2D eigenvalue weighted by atomic mass is 10.0. The molecule has 2 fully saturated rings. The maximum absolute atomic E-state index is 12.5. The first kappa shape index (κ1) is 24.6. The van der Waals surface area contributed by atoms with Gasteiger partial charge in [0.15, 0.2) is 27.9 Å². The third-order valence-corrected chi connectivity index (χ3v) is 7.51. The van der Waals surface area contributed by atoms with Crippen LogP contribution in [-0.2, 0) is 21.1 Å². The summed E-state index contributed by atoms with van der Waals surface area (Å²) in [7, 11) is -1.88. The number of hydrogen-bond donors (Lipinski definition) is 1. The molecular weight excluding hydrogens is 449 g/mol. The second kappa shape index (κ2) is 10.3. The minimum atomic E-state index is -4.46. The number of alkyl halides is 3. The summed E-state index contributed by atoms with van der Waals surface area (Å²) in [5.74, 6) is -0.128. The van der Waals surface area contributed by atoms with Crippen molar-refractivity contribution in [3.05, 3.63) is 23.8 Å². The highest BCUT2D eigenvalue weighted by atomic mass is 32.2. The highest BCUT2D eigenvalue weighted by Crippen LogP contribution is 2.30. The zero-order valence-electron chi connectivity index (χ0n) is 18.0. The van der Waals surface area contributed by atoms with Gasteiger partial charge in [0.05, 0.1) is 24.7 Å². The van der Waals surface area contributed by atoms with E-state index in [1.165, 1.54) is 19.2 Å². The van der Waals surface area contributed by atoms with Gasteiger partial charge in [0.1, 0.15) is 0 Å². The predicted molar refractivity (Wildman–Crippen MR) is 113 cm³/mol. The molecule has 1 aromatic rings. The van der Waals surface area contributed by atoms with Crippen molar-refractivity contribution in [2.75, 3.05) is 38.3 Å². The first-order valence-corrected chi connectivity index (χ1v) is 12.5. The fourth-order valence-corrected chi connectivity index (χ4v) is 6.21. The molecule has 2 aliphatic heterocycles. The molecule has 32 heavy (non-hydrogen) atoms. The molecule has 0 bridgehead atoms. The largest absolute Gasteiger partial charge is 0.493 e. The summed E-state index contributed by atoms with van der Waals surface area (Å²) in [5, 5.41) is 2.89. The van der Waals surface area contributed by atoms with Crippen molar-refractivity contribution in [1.82, 2.24) is 10.2 Å². The summed E-state index contributed by atoms with van der Waals surface area (Å²) in [5.41, 5.74) is 0.697. The van der Waals surface area contributed by atoms with Crippen LogP contribution in [0.4, 0.5) is 13.2 Å². The van der Waals surface area contributed by atoms with Crippen molar-refractivity contribution in [1.29, 1.82) is 0 Å². The molecule has 1 N–H and O–H groups in total. The molecule has 0 radical (unpaired) electrons. The first-order valence-electron chi connectivity index (χ1n) is 10.7. The third-order valence-electron chi connectivity index (χ3n) is 5.79. The van der Waals surface area contributed by atoms with Crippen LogP contribution in [-0.4, -0.2) is 75.8 Å². The molecule has 2 unspecified atom stereocenters. The molecule has 0 spiro atoms. The van der Waals surface area contributed by atoms with Crippen molar-refractivity contribution in [3.63, 3.8) is 0 Å². The number of nitrogens with one attached hydrogen (secondary N) is 1. The lowest BCUT2D eigenvalue weighted by Crippen LogP contribution is -2.52. The Morgan fingerprint density at radius 3 is 2.53 bits per heavy atom. The van der Waals surface area contributed by atoms with E-state index < -0.39 is 28.7 Å². The molecule has 1 amide bonds. The lowest BCUT2D eigenvalue weighted by Gasteiger charge is -2.35. The van der Waals surface area contributed by atoms with Crippen LogP contribution in [0.1, 0.15) is 31.2 Å². The summed E-state index contributed by atoms with van der Waals surface area (Å²) >= 11 is 0. The number of carbonyl (C=O) groups excluding carboxylic acids is 1. The summed E-state index contributed by atoms with van der Waals surface area (Å²) in [4.78, 5) is 14.7. The maximum Gasteiger partial charge on any atom is 0.422 e. The second-order valence-corrected chi connectivity index (χ2v) is 10.5. The molecule has 1 aromatic carbocycles. The number of halogens is 3. The lowest BCUT2D eigenvalue weighted by molar-refractivity contribution is -0.153. The topological polar surface area (TPSA) is 84.9 Å².